The molecule has 8 heteroatoms. The van der Waals surface area contributed by atoms with Crippen LogP contribution in [0.2, 0.25) is 0 Å². The lowest BCUT2D eigenvalue weighted by Crippen LogP contribution is -2.26. The zero-order chi connectivity index (χ0) is 18.1. The molecule has 0 aromatic heterocycles. The van der Waals surface area contributed by atoms with Gasteiger partial charge in [-0.05, 0) is 19.8 Å². The number of hydrogen-bond acceptors (Lipinski definition) is 3. The van der Waals surface area contributed by atoms with Crippen LogP contribution in [0.3, 0.4) is 0 Å². The molecule has 0 N–H and O–H groups in total. The molecule has 2 rings (SSSR count). The van der Waals surface area contributed by atoms with Crippen LogP contribution in [-0.4, -0.2) is 35.3 Å². The summed E-state index contributed by atoms with van der Waals surface area (Å²) in [5, 5.41) is 0. The highest BCUT2D eigenvalue weighted by molar-refractivity contribution is 7.86. The second kappa shape index (κ2) is 6.34. The van der Waals surface area contributed by atoms with Crippen LogP contribution in [0.4, 0.5) is 18.9 Å². The van der Waals surface area contributed by atoms with Gasteiger partial charge in [-0.1, -0.05) is 18.2 Å². The third-order valence-electron chi connectivity index (χ3n) is 3.71. The van der Waals surface area contributed by atoms with Crippen LogP contribution in [0, 0.1) is 12.3 Å². The van der Waals surface area contributed by atoms with Gasteiger partial charge < -0.3 is 4.55 Å². The van der Waals surface area contributed by atoms with Gasteiger partial charge in [-0.3, -0.25) is 0 Å². The number of fused-ring (bicyclic) bond motifs is 1. The molecule has 23 heavy (non-hydrogen) atoms. The maximum Gasteiger partial charge on any atom is 0.485 e. The fraction of sp³-hybridized carbons (Fsp3) is 0.400. The van der Waals surface area contributed by atoms with E-state index in [0.29, 0.717) is 6.54 Å². The van der Waals surface area contributed by atoms with Crippen LogP contribution in [0.5, 0.6) is 0 Å². The summed E-state index contributed by atoms with van der Waals surface area (Å²) in [6, 6.07) is 8.49. The summed E-state index contributed by atoms with van der Waals surface area (Å²) in [6.07, 6.45) is 5.41. The van der Waals surface area contributed by atoms with Crippen LogP contribution in [0.25, 0.3) is 0 Å². The van der Waals surface area contributed by atoms with E-state index >= 15 is 0 Å². The molecule has 1 aliphatic heterocycles. The molecule has 0 saturated carbocycles. The molecule has 1 aliphatic rings. The zero-order valence-corrected chi connectivity index (χ0v) is 13.6. The Morgan fingerprint density at radius 2 is 1.78 bits per heavy atom. The Morgan fingerprint density at radius 1 is 1.30 bits per heavy atom. The molecule has 0 fully saturated rings. The molecule has 126 valence electrons. The van der Waals surface area contributed by atoms with Gasteiger partial charge >= 0.3 is 5.51 Å². The number of hydrogen-bond donors (Lipinski definition) is 0. The Morgan fingerprint density at radius 3 is 2.22 bits per heavy atom. The maximum absolute atomic E-state index is 10.7. The van der Waals surface area contributed by atoms with E-state index in [-0.39, 0.29) is 5.41 Å². The average Bonchev–Trinajstić information content (AvgIpc) is 2.60. The van der Waals surface area contributed by atoms with E-state index in [1.54, 1.807) is 0 Å². The second-order valence-electron chi connectivity index (χ2n) is 5.42. The lowest BCUT2D eigenvalue weighted by Gasteiger charge is -2.14. The number of terminal acetylenes is 1. The average molecular weight is 347 g/mol. The highest BCUT2D eigenvalue weighted by Gasteiger charge is 2.42. The van der Waals surface area contributed by atoms with Crippen LogP contribution in [0.1, 0.15) is 26.3 Å². The van der Waals surface area contributed by atoms with Crippen molar-refractivity contribution in [3.8, 4) is 12.3 Å². The Hall–Kier alpha value is -1.85. The monoisotopic (exact) mass is 347 g/mol. The van der Waals surface area contributed by atoms with Crippen LogP contribution < -0.4 is 0 Å². The van der Waals surface area contributed by atoms with E-state index in [9.17, 15) is 13.2 Å². The van der Waals surface area contributed by atoms with E-state index in [2.05, 4.69) is 55.5 Å². The molecule has 4 nitrogen and oxygen atoms in total. The zero-order valence-electron chi connectivity index (χ0n) is 12.8. The Bertz CT molecular complexity index is 772. The summed E-state index contributed by atoms with van der Waals surface area (Å²) in [5.41, 5.74) is -1.57. The number of benzene rings is 1. The molecule has 0 saturated heterocycles. The molecule has 1 heterocycles. The fourth-order valence-corrected chi connectivity index (χ4v) is 2.25. The lowest BCUT2D eigenvalue weighted by atomic mass is 9.82. The summed E-state index contributed by atoms with van der Waals surface area (Å²) < 4.78 is 61.1. The first-order valence-corrected chi connectivity index (χ1v) is 7.91. The molecular formula is C15H16F3NO3S. The highest BCUT2D eigenvalue weighted by atomic mass is 32.2. The minimum atomic E-state index is -6.09. The van der Waals surface area contributed by atoms with E-state index in [4.69, 9.17) is 19.4 Å². The predicted molar refractivity (Wildman–Crippen MR) is 79.5 cm³/mol. The molecule has 0 unspecified atom stereocenters. The first kappa shape index (κ1) is 19.2. The summed E-state index contributed by atoms with van der Waals surface area (Å²) in [5.74, 6) is 2.72. The van der Waals surface area contributed by atoms with Gasteiger partial charge in [0.1, 0.15) is 0 Å². The largest absolute Gasteiger partial charge is 0.741 e. The van der Waals surface area contributed by atoms with Gasteiger partial charge in [-0.25, -0.2) is 8.42 Å². The van der Waals surface area contributed by atoms with Gasteiger partial charge in [0.25, 0.3) is 0 Å². The summed E-state index contributed by atoms with van der Waals surface area (Å²) in [7, 11) is -6.09. The topological polar surface area (TPSA) is 60.2 Å². The first-order valence-electron chi connectivity index (χ1n) is 6.50. The van der Waals surface area contributed by atoms with Gasteiger partial charge in [-0.15, -0.1) is 6.42 Å². The van der Waals surface area contributed by atoms with Crippen LogP contribution in [-0.2, 0) is 15.5 Å². The number of rotatable bonds is 1. The standard InChI is InChI=1S/C14H16N.CHF3O3S/c1-5-10-15-11(2)14(3,4)12-8-6-7-9-13(12)15;2-1(3,4)8(5,6)7/h1,6-9H,10H2,2-4H3;(H,5,6,7)/q+1;/p-1. The van der Waals surface area contributed by atoms with Gasteiger partial charge in [0.15, 0.2) is 15.8 Å². The number of para-hydroxylation sites is 1. The van der Waals surface area contributed by atoms with Crippen LogP contribution in [0.15, 0.2) is 24.3 Å². The molecule has 1 aromatic rings. The Labute approximate surface area is 133 Å². The SMILES string of the molecule is C#CC[N+]1=C(C)C(C)(C)c2ccccc21.O=S(=O)([O-])C(F)(F)F. The highest BCUT2D eigenvalue weighted by Crippen LogP contribution is 2.38. The van der Waals surface area contributed by atoms with Crippen molar-refractivity contribution in [3.05, 3.63) is 29.8 Å². The van der Waals surface area contributed by atoms with Crippen molar-refractivity contribution in [2.24, 2.45) is 0 Å². The van der Waals surface area contributed by atoms with Crippen molar-refractivity contribution in [3.63, 3.8) is 0 Å². The molecule has 0 atom stereocenters. The number of alkyl halides is 3. The number of nitrogens with zero attached hydrogens (tertiary/aromatic N) is 1. The van der Waals surface area contributed by atoms with Crippen molar-refractivity contribution in [2.75, 3.05) is 6.54 Å². The normalized spacial score (nSPS) is 16.3. The quantitative estimate of drug-likeness (QED) is 0.340. The van der Waals surface area contributed by atoms with Gasteiger partial charge in [0, 0.05) is 18.6 Å². The number of halogens is 3. The minimum absolute atomic E-state index is 0.105. The van der Waals surface area contributed by atoms with Crippen molar-refractivity contribution in [1.82, 2.24) is 0 Å². The molecular weight excluding hydrogens is 331 g/mol. The minimum Gasteiger partial charge on any atom is -0.741 e. The van der Waals surface area contributed by atoms with Crippen LogP contribution >= 0.6 is 0 Å². The second-order valence-corrected chi connectivity index (χ2v) is 6.79. The van der Waals surface area contributed by atoms with E-state index in [0.717, 1.165) is 0 Å². The Balaban J connectivity index is 0.000000284. The molecule has 0 aliphatic carbocycles. The fourth-order valence-electron chi connectivity index (χ4n) is 2.25. The van der Waals surface area contributed by atoms with E-state index in [1.165, 1.54) is 17.0 Å². The first-order chi connectivity index (χ1) is 10.3. The molecule has 0 spiro atoms. The maximum atomic E-state index is 10.7. The summed E-state index contributed by atoms with van der Waals surface area (Å²) in [4.78, 5) is 0. The van der Waals surface area contributed by atoms with Crippen molar-refractivity contribution < 1.29 is 30.7 Å². The van der Waals surface area contributed by atoms with Gasteiger partial charge in [0.05, 0.1) is 5.41 Å². The third-order valence-corrected chi connectivity index (χ3v) is 4.28. The van der Waals surface area contributed by atoms with Crippen molar-refractivity contribution in [1.29, 1.82) is 0 Å². The van der Waals surface area contributed by atoms with Gasteiger partial charge in [-0.2, -0.15) is 17.7 Å². The lowest BCUT2D eigenvalue weighted by molar-refractivity contribution is -0.424. The third kappa shape index (κ3) is 3.92. The van der Waals surface area contributed by atoms with Crippen molar-refractivity contribution in [2.45, 2.75) is 31.7 Å². The molecule has 0 bridgehead atoms. The summed E-state index contributed by atoms with van der Waals surface area (Å²) >= 11 is 0. The Kier molecular flexibility index (Phi) is 5.29. The van der Waals surface area contributed by atoms with Gasteiger partial charge in [0.2, 0.25) is 12.2 Å². The van der Waals surface area contributed by atoms with Crippen molar-refractivity contribution >= 4 is 21.5 Å². The smallest absolute Gasteiger partial charge is 0.485 e. The van der Waals surface area contributed by atoms with E-state index in [1.807, 2.05) is 0 Å². The molecule has 0 radical (unpaired) electrons. The molecule has 1 aromatic carbocycles. The summed E-state index contributed by atoms with van der Waals surface area (Å²) in [6.45, 7) is 7.32. The van der Waals surface area contributed by atoms with E-state index < -0.39 is 15.6 Å². The predicted octanol–water partition coefficient (Wildman–Crippen LogP) is 2.77. The molecule has 0 amide bonds.